The van der Waals surface area contributed by atoms with Gasteiger partial charge in [-0.25, -0.2) is 4.39 Å². The molecule has 0 aromatic heterocycles. The highest BCUT2D eigenvalue weighted by Gasteiger charge is 2.15. The van der Waals surface area contributed by atoms with Crippen LogP contribution in [0.15, 0.2) is 29.2 Å². The van der Waals surface area contributed by atoms with Gasteiger partial charge in [0.1, 0.15) is 5.82 Å². The molecule has 0 aliphatic carbocycles. The van der Waals surface area contributed by atoms with Gasteiger partial charge in [0.05, 0.1) is 0 Å². The molecule has 0 bridgehead atoms. The van der Waals surface area contributed by atoms with Crippen LogP contribution < -0.4 is 5.32 Å². The molecular weight excluding hydrogens is 269 g/mol. The Balaban J connectivity index is 2.49. The molecule has 3 heteroatoms. The fourth-order valence-corrected chi connectivity index (χ4v) is 3.00. The Kier molecular flexibility index (Phi) is 7.60. The maximum absolute atomic E-state index is 13.6. The average Bonchev–Trinajstić information content (AvgIpc) is 2.38. The second-order valence-corrected chi connectivity index (χ2v) is 7.55. The molecule has 1 aromatic rings. The van der Waals surface area contributed by atoms with Gasteiger partial charge in [-0.2, -0.15) is 0 Å². The number of hydrogen-bond donors (Lipinski definition) is 1. The first-order valence-electron chi connectivity index (χ1n) is 7.53. The van der Waals surface area contributed by atoms with Crippen molar-refractivity contribution < 1.29 is 4.39 Å². The normalized spacial score (nSPS) is 13.4. The van der Waals surface area contributed by atoms with Gasteiger partial charge in [-0.1, -0.05) is 39.8 Å². The fraction of sp³-hybridized carbons (Fsp3) is 0.647. The van der Waals surface area contributed by atoms with E-state index >= 15 is 0 Å². The van der Waals surface area contributed by atoms with Crippen LogP contribution >= 0.6 is 11.8 Å². The fourth-order valence-electron chi connectivity index (χ4n) is 1.95. The topological polar surface area (TPSA) is 12.0 Å². The van der Waals surface area contributed by atoms with E-state index in [4.69, 9.17) is 0 Å². The predicted octanol–water partition coefficient (Wildman–Crippen LogP) is 5.11. The van der Waals surface area contributed by atoms with Crippen LogP contribution in [-0.2, 0) is 0 Å². The first kappa shape index (κ1) is 17.5. The first-order chi connectivity index (χ1) is 9.42. The zero-order valence-electron chi connectivity index (χ0n) is 13.2. The minimum Gasteiger partial charge on any atom is -0.313 e. The summed E-state index contributed by atoms with van der Waals surface area (Å²) < 4.78 is 13.6. The molecule has 20 heavy (non-hydrogen) atoms. The minimum atomic E-state index is -0.109. The molecule has 1 N–H and O–H groups in total. The van der Waals surface area contributed by atoms with E-state index in [9.17, 15) is 4.39 Å². The summed E-state index contributed by atoms with van der Waals surface area (Å²) in [6.07, 6.45) is 3.47. The van der Waals surface area contributed by atoms with Crippen molar-refractivity contribution in [3.05, 3.63) is 30.1 Å². The number of rotatable bonds is 8. The molecule has 0 aliphatic heterocycles. The standard InChI is InChI=1S/C17H28FNS/c1-5-12-19-14(10-11-17(2,3)4)13-20-16-9-7-6-8-15(16)18/h6-9,14,19H,5,10-13H2,1-4H3. The van der Waals surface area contributed by atoms with Crippen molar-refractivity contribution in [2.45, 2.75) is 57.9 Å². The van der Waals surface area contributed by atoms with Crippen molar-refractivity contribution in [2.75, 3.05) is 12.3 Å². The van der Waals surface area contributed by atoms with Crippen molar-refractivity contribution in [2.24, 2.45) is 5.41 Å². The summed E-state index contributed by atoms with van der Waals surface area (Å²) in [6.45, 7) is 10.0. The van der Waals surface area contributed by atoms with Crippen LogP contribution in [0, 0.1) is 11.2 Å². The molecule has 0 aliphatic rings. The number of thioether (sulfide) groups is 1. The van der Waals surface area contributed by atoms with Crippen molar-refractivity contribution in [1.82, 2.24) is 5.32 Å². The molecule has 0 saturated carbocycles. The maximum atomic E-state index is 13.6. The predicted molar refractivity (Wildman–Crippen MR) is 87.9 cm³/mol. The molecule has 0 heterocycles. The molecular formula is C17H28FNS. The highest BCUT2D eigenvalue weighted by molar-refractivity contribution is 7.99. The summed E-state index contributed by atoms with van der Waals surface area (Å²) in [4.78, 5) is 0.756. The van der Waals surface area contributed by atoms with Crippen molar-refractivity contribution in [1.29, 1.82) is 0 Å². The number of benzene rings is 1. The van der Waals surface area contributed by atoms with Gasteiger partial charge in [0, 0.05) is 16.7 Å². The van der Waals surface area contributed by atoms with Gasteiger partial charge >= 0.3 is 0 Å². The highest BCUT2D eigenvalue weighted by Crippen LogP contribution is 2.26. The summed E-state index contributed by atoms with van der Waals surface area (Å²) >= 11 is 1.62. The minimum absolute atomic E-state index is 0.109. The zero-order chi connectivity index (χ0) is 15.0. The molecule has 0 amide bonds. The van der Waals surface area contributed by atoms with E-state index in [0.717, 1.165) is 30.0 Å². The lowest BCUT2D eigenvalue weighted by molar-refractivity contribution is 0.338. The second kappa shape index (κ2) is 8.68. The Morgan fingerprint density at radius 3 is 2.55 bits per heavy atom. The van der Waals surface area contributed by atoms with Gasteiger partial charge in [0.15, 0.2) is 0 Å². The lowest BCUT2D eigenvalue weighted by Gasteiger charge is -2.24. The molecule has 1 rings (SSSR count). The smallest absolute Gasteiger partial charge is 0.136 e. The number of halogens is 1. The summed E-state index contributed by atoms with van der Waals surface area (Å²) in [5, 5.41) is 3.59. The monoisotopic (exact) mass is 297 g/mol. The van der Waals surface area contributed by atoms with Gasteiger partial charge in [-0.05, 0) is 43.4 Å². The summed E-state index contributed by atoms with van der Waals surface area (Å²) in [7, 11) is 0. The van der Waals surface area contributed by atoms with Crippen LogP contribution in [0.5, 0.6) is 0 Å². The van der Waals surface area contributed by atoms with E-state index in [-0.39, 0.29) is 5.82 Å². The Morgan fingerprint density at radius 2 is 1.95 bits per heavy atom. The van der Waals surface area contributed by atoms with E-state index in [1.807, 2.05) is 12.1 Å². The largest absolute Gasteiger partial charge is 0.313 e. The van der Waals surface area contributed by atoms with E-state index in [2.05, 4.69) is 33.0 Å². The third-order valence-corrected chi connectivity index (χ3v) is 4.41. The molecule has 114 valence electrons. The molecule has 1 nitrogen and oxygen atoms in total. The lowest BCUT2D eigenvalue weighted by atomic mass is 9.89. The molecule has 0 fully saturated rings. The van der Waals surface area contributed by atoms with Crippen molar-refractivity contribution in [3.8, 4) is 0 Å². The SMILES string of the molecule is CCCNC(CCC(C)(C)C)CSc1ccccc1F. The maximum Gasteiger partial charge on any atom is 0.136 e. The first-order valence-corrected chi connectivity index (χ1v) is 8.51. The van der Waals surface area contributed by atoms with Crippen LogP contribution in [0.1, 0.15) is 47.0 Å². The van der Waals surface area contributed by atoms with E-state index in [1.165, 1.54) is 12.5 Å². The zero-order valence-corrected chi connectivity index (χ0v) is 14.0. The van der Waals surface area contributed by atoms with Crippen LogP contribution in [0.2, 0.25) is 0 Å². The van der Waals surface area contributed by atoms with Gasteiger partial charge in [-0.3, -0.25) is 0 Å². The van der Waals surface area contributed by atoms with Gasteiger partial charge in [0.25, 0.3) is 0 Å². The number of hydrogen-bond acceptors (Lipinski definition) is 2. The van der Waals surface area contributed by atoms with Crippen molar-refractivity contribution in [3.63, 3.8) is 0 Å². The summed E-state index contributed by atoms with van der Waals surface area (Å²) in [5.41, 5.74) is 0.356. The van der Waals surface area contributed by atoms with E-state index in [0.29, 0.717) is 11.5 Å². The van der Waals surface area contributed by atoms with Crippen LogP contribution in [0.25, 0.3) is 0 Å². The average molecular weight is 297 g/mol. The van der Waals surface area contributed by atoms with Crippen LogP contribution in [0.4, 0.5) is 4.39 Å². The lowest BCUT2D eigenvalue weighted by Crippen LogP contribution is -2.33. The third-order valence-electron chi connectivity index (χ3n) is 3.20. The molecule has 0 saturated heterocycles. The van der Waals surface area contributed by atoms with Gasteiger partial charge < -0.3 is 5.32 Å². The summed E-state index contributed by atoms with van der Waals surface area (Å²) in [5.74, 6) is 0.819. The Hall–Kier alpha value is -0.540. The van der Waals surface area contributed by atoms with Gasteiger partial charge in [0.2, 0.25) is 0 Å². The quantitative estimate of drug-likeness (QED) is 0.669. The van der Waals surface area contributed by atoms with E-state index < -0.39 is 0 Å². The second-order valence-electron chi connectivity index (χ2n) is 6.49. The molecule has 1 aromatic carbocycles. The summed E-state index contributed by atoms with van der Waals surface area (Å²) in [6, 6.07) is 7.49. The highest BCUT2D eigenvalue weighted by atomic mass is 32.2. The van der Waals surface area contributed by atoms with Crippen molar-refractivity contribution >= 4 is 11.8 Å². The molecule has 1 atom stereocenters. The van der Waals surface area contributed by atoms with Crippen LogP contribution in [0.3, 0.4) is 0 Å². The molecule has 1 unspecified atom stereocenters. The Morgan fingerprint density at radius 1 is 1.25 bits per heavy atom. The van der Waals surface area contributed by atoms with Crippen LogP contribution in [-0.4, -0.2) is 18.3 Å². The van der Waals surface area contributed by atoms with Gasteiger partial charge in [-0.15, -0.1) is 11.8 Å². The third kappa shape index (κ3) is 7.30. The number of nitrogens with one attached hydrogen (secondary N) is 1. The Bertz CT molecular complexity index is 387. The Labute approximate surface area is 127 Å². The van der Waals surface area contributed by atoms with E-state index in [1.54, 1.807) is 17.8 Å². The molecule has 0 spiro atoms. The molecule has 0 radical (unpaired) electrons.